The standard InChI is InChI=1S/C15H21N3O2S/c1-3-9-5-11-12(6-9)14(20)18(13(11)19)8-10-7-17-15(21-10)16-4-2/h7,9,11-12H,3-6,8H2,1-2H3,(H,16,17). The highest BCUT2D eigenvalue weighted by atomic mass is 32.1. The quantitative estimate of drug-likeness (QED) is 0.849. The molecule has 1 N–H and O–H groups in total. The summed E-state index contributed by atoms with van der Waals surface area (Å²) in [5, 5.41) is 3.99. The van der Waals surface area contributed by atoms with Crippen LogP contribution in [-0.2, 0) is 16.1 Å². The molecule has 1 saturated carbocycles. The van der Waals surface area contributed by atoms with Crippen LogP contribution < -0.4 is 5.32 Å². The average molecular weight is 307 g/mol. The Labute approximate surface area is 128 Å². The number of fused-ring (bicyclic) bond motifs is 1. The average Bonchev–Trinajstić information content (AvgIpc) is 3.14. The minimum atomic E-state index is -0.0661. The van der Waals surface area contributed by atoms with Crippen molar-refractivity contribution in [1.82, 2.24) is 9.88 Å². The molecule has 2 unspecified atom stereocenters. The van der Waals surface area contributed by atoms with Crippen LogP contribution in [0.3, 0.4) is 0 Å². The molecular formula is C15H21N3O2S. The zero-order valence-electron chi connectivity index (χ0n) is 12.5. The van der Waals surface area contributed by atoms with Gasteiger partial charge in [0.2, 0.25) is 11.8 Å². The fourth-order valence-electron chi connectivity index (χ4n) is 3.46. The van der Waals surface area contributed by atoms with Gasteiger partial charge in [0.25, 0.3) is 0 Å². The Kier molecular flexibility index (Phi) is 3.97. The molecule has 1 aliphatic heterocycles. The maximum absolute atomic E-state index is 12.5. The first kappa shape index (κ1) is 14.5. The predicted octanol–water partition coefficient (Wildman–Crippen LogP) is 2.50. The number of amides is 2. The molecule has 2 amide bonds. The molecular weight excluding hydrogens is 286 g/mol. The summed E-state index contributed by atoms with van der Waals surface area (Å²) in [4.78, 5) is 31.6. The predicted molar refractivity (Wildman–Crippen MR) is 81.8 cm³/mol. The van der Waals surface area contributed by atoms with E-state index in [2.05, 4.69) is 17.2 Å². The second-order valence-electron chi connectivity index (χ2n) is 5.88. The van der Waals surface area contributed by atoms with Crippen LogP contribution >= 0.6 is 11.3 Å². The molecule has 0 bridgehead atoms. The van der Waals surface area contributed by atoms with E-state index in [-0.39, 0.29) is 23.7 Å². The first-order chi connectivity index (χ1) is 10.1. The minimum Gasteiger partial charge on any atom is -0.362 e. The second-order valence-corrected chi connectivity index (χ2v) is 7.00. The number of hydrogen-bond donors (Lipinski definition) is 1. The number of carbonyl (C=O) groups excluding carboxylic acids is 2. The normalized spacial score (nSPS) is 28.3. The summed E-state index contributed by atoms with van der Waals surface area (Å²) in [7, 11) is 0. The number of carbonyl (C=O) groups is 2. The smallest absolute Gasteiger partial charge is 0.233 e. The molecule has 2 heterocycles. The molecule has 21 heavy (non-hydrogen) atoms. The lowest BCUT2D eigenvalue weighted by molar-refractivity contribution is -0.141. The molecule has 6 heteroatoms. The molecule has 5 nitrogen and oxygen atoms in total. The van der Waals surface area contributed by atoms with Crippen LogP contribution in [0.5, 0.6) is 0 Å². The van der Waals surface area contributed by atoms with Gasteiger partial charge in [0.1, 0.15) is 0 Å². The van der Waals surface area contributed by atoms with Gasteiger partial charge in [-0.2, -0.15) is 0 Å². The van der Waals surface area contributed by atoms with E-state index in [1.807, 2.05) is 6.92 Å². The Bertz CT molecular complexity index is 533. The number of nitrogens with zero attached hydrogens (tertiary/aromatic N) is 2. The number of likely N-dealkylation sites (tertiary alicyclic amines) is 1. The zero-order chi connectivity index (χ0) is 15.0. The number of hydrogen-bond acceptors (Lipinski definition) is 5. The van der Waals surface area contributed by atoms with E-state index in [1.54, 1.807) is 6.20 Å². The lowest BCUT2D eigenvalue weighted by atomic mass is 10.00. The van der Waals surface area contributed by atoms with Gasteiger partial charge in [0.05, 0.1) is 18.4 Å². The van der Waals surface area contributed by atoms with Gasteiger partial charge in [-0.15, -0.1) is 11.3 Å². The van der Waals surface area contributed by atoms with Crippen molar-refractivity contribution in [3.63, 3.8) is 0 Å². The number of imide groups is 1. The Morgan fingerprint density at radius 3 is 2.52 bits per heavy atom. The van der Waals surface area contributed by atoms with Crippen molar-refractivity contribution in [3.8, 4) is 0 Å². The molecule has 1 aromatic rings. The summed E-state index contributed by atoms with van der Waals surface area (Å²) in [6.45, 7) is 5.35. The molecule has 3 rings (SSSR count). The third kappa shape index (κ3) is 2.57. The summed E-state index contributed by atoms with van der Waals surface area (Å²) in [5.41, 5.74) is 0. The molecule has 0 aromatic carbocycles. The fraction of sp³-hybridized carbons (Fsp3) is 0.667. The molecule has 2 fully saturated rings. The van der Waals surface area contributed by atoms with Gasteiger partial charge >= 0.3 is 0 Å². The van der Waals surface area contributed by atoms with Gasteiger partial charge in [0, 0.05) is 17.6 Å². The van der Waals surface area contributed by atoms with E-state index in [9.17, 15) is 9.59 Å². The Hall–Kier alpha value is -1.43. The van der Waals surface area contributed by atoms with E-state index in [4.69, 9.17) is 0 Å². The monoisotopic (exact) mass is 307 g/mol. The number of rotatable bonds is 5. The lowest BCUT2D eigenvalue weighted by Crippen LogP contribution is -2.31. The summed E-state index contributed by atoms with van der Waals surface area (Å²) < 4.78 is 0. The summed E-state index contributed by atoms with van der Waals surface area (Å²) >= 11 is 1.51. The fourth-order valence-corrected chi connectivity index (χ4v) is 4.33. The first-order valence-electron chi connectivity index (χ1n) is 7.67. The number of aromatic nitrogens is 1. The van der Waals surface area contributed by atoms with Crippen molar-refractivity contribution in [3.05, 3.63) is 11.1 Å². The summed E-state index contributed by atoms with van der Waals surface area (Å²) in [6, 6.07) is 0. The summed E-state index contributed by atoms with van der Waals surface area (Å²) in [6.07, 6.45) is 4.59. The third-order valence-electron chi connectivity index (χ3n) is 4.60. The lowest BCUT2D eigenvalue weighted by Gasteiger charge is -2.16. The van der Waals surface area contributed by atoms with Gasteiger partial charge in [-0.05, 0) is 25.7 Å². The van der Waals surface area contributed by atoms with Crippen LogP contribution in [0.4, 0.5) is 5.13 Å². The maximum atomic E-state index is 12.5. The minimum absolute atomic E-state index is 0.0272. The van der Waals surface area contributed by atoms with Crippen LogP contribution in [0.15, 0.2) is 6.20 Å². The molecule has 1 saturated heterocycles. The molecule has 2 atom stereocenters. The van der Waals surface area contributed by atoms with Gasteiger partial charge < -0.3 is 5.32 Å². The Morgan fingerprint density at radius 2 is 1.95 bits per heavy atom. The summed E-state index contributed by atoms with van der Waals surface area (Å²) in [5.74, 6) is 0.463. The molecule has 2 aliphatic rings. The highest BCUT2D eigenvalue weighted by Gasteiger charge is 2.52. The number of nitrogens with one attached hydrogen (secondary N) is 1. The van der Waals surface area contributed by atoms with E-state index in [1.165, 1.54) is 16.2 Å². The van der Waals surface area contributed by atoms with Crippen LogP contribution in [0.25, 0.3) is 0 Å². The first-order valence-corrected chi connectivity index (χ1v) is 8.49. The number of thiazole rings is 1. The van der Waals surface area contributed by atoms with Gasteiger partial charge in [-0.3, -0.25) is 14.5 Å². The third-order valence-corrected chi connectivity index (χ3v) is 5.54. The van der Waals surface area contributed by atoms with Gasteiger partial charge in [0.15, 0.2) is 5.13 Å². The van der Waals surface area contributed by atoms with E-state index < -0.39 is 0 Å². The van der Waals surface area contributed by atoms with E-state index in [0.717, 1.165) is 35.8 Å². The highest BCUT2D eigenvalue weighted by molar-refractivity contribution is 7.15. The Morgan fingerprint density at radius 1 is 1.29 bits per heavy atom. The molecule has 1 aromatic heterocycles. The largest absolute Gasteiger partial charge is 0.362 e. The Balaban J connectivity index is 1.69. The second kappa shape index (κ2) is 5.75. The van der Waals surface area contributed by atoms with Crippen molar-refractivity contribution in [1.29, 1.82) is 0 Å². The van der Waals surface area contributed by atoms with Crippen LogP contribution in [0.1, 0.15) is 38.0 Å². The van der Waals surface area contributed by atoms with Gasteiger partial charge in [-0.25, -0.2) is 4.98 Å². The highest BCUT2D eigenvalue weighted by Crippen LogP contribution is 2.44. The van der Waals surface area contributed by atoms with Crippen LogP contribution in [-0.4, -0.2) is 28.2 Å². The zero-order valence-corrected chi connectivity index (χ0v) is 13.3. The number of anilines is 1. The van der Waals surface area contributed by atoms with Crippen molar-refractivity contribution in [2.45, 2.75) is 39.7 Å². The van der Waals surface area contributed by atoms with Crippen molar-refractivity contribution < 1.29 is 9.59 Å². The molecule has 114 valence electrons. The van der Waals surface area contributed by atoms with Crippen molar-refractivity contribution in [2.75, 3.05) is 11.9 Å². The maximum Gasteiger partial charge on any atom is 0.233 e. The van der Waals surface area contributed by atoms with Gasteiger partial charge in [-0.1, -0.05) is 13.3 Å². The molecule has 0 radical (unpaired) electrons. The van der Waals surface area contributed by atoms with Crippen LogP contribution in [0.2, 0.25) is 0 Å². The van der Waals surface area contributed by atoms with Crippen molar-refractivity contribution in [2.24, 2.45) is 17.8 Å². The van der Waals surface area contributed by atoms with Crippen LogP contribution in [0, 0.1) is 17.8 Å². The van der Waals surface area contributed by atoms with E-state index >= 15 is 0 Å². The molecule has 0 spiro atoms. The SMILES string of the molecule is CCNc1ncc(CN2C(=O)C3CC(CC)CC3C2=O)s1. The van der Waals surface area contributed by atoms with Crippen molar-refractivity contribution >= 4 is 28.3 Å². The molecule has 1 aliphatic carbocycles. The van der Waals surface area contributed by atoms with E-state index in [0.29, 0.717) is 12.5 Å². The topological polar surface area (TPSA) is 62.3 Å².